The Morgan fingerprint density at radius 1 is 1.17 bits per heavy atom. The Morgan fingerprint density at radius 2 is 1.78 bits per heavy atom. The highest BCUT2D eigenvalue weighted by molar-refractivity contribution is 14.0. The van der Waals surface area contributed by atoms with Crippen LogP contribution in [-0.2, 0) is 4.74 Å². The normalized spacial score (nSPS) is 16.7. The molecule has 3 N–H and O–H groups in total. The second-order valence-corrected chi connectivity index (χ2v) is 6.99. The first-order valence-electron chi connectivity index (χ1n) is 8.22. The summed E-state index contributed by atoms with van der Waals surface area (Å²) in [5, 5.41) is 9.30. The predicted octanol–water partition coefficient (Wildman–Crippen LogP) is 2.87. The van der Waals surface area contributed by atoms with Crippen LogP contribution in [0.5, 0.6) is 0 Å². The minimum atomic E-state index is -0.466. The fraction of sp³-hybridized carbons (Fsp3) is 0.875. The molecule has 1 saturated carbocycles. The number of rotatable bonds is 6. The highest BCUT2D eigenvalue weighted by Crippen LogP contribution is 2.42. The number of halogens is 1. The van der Waals surface area contributed by atoms with Crippen molar-refractivity contribution < 1.29 is 9.53 Å². The molecule has 1 fully saturated rings. The minimum absolute atomic E-state index is 0. The van der Waals surface area contributed by atoms with Crippen molar-refractivity contribution in [3.8, 4) is 0 Å². The van der Waals surface area contributed by atoms with E-state index in [0.717, 1.165) is 12.5 Å². The second-order valence-electron chi connectivity index (χ2n) is 6.99. The van der Waals surface area contributed by atoms with Crippen LogP contribution in [0.4, 0.5) is 4.79 Å². The summed E-state index contributed by atoms with van der Waals surface area (Å²) in [7, 11) is 1.76. The van der Waals surface area contributed by atoms with E-state index in [9.17, 15) is 4.79 Å². The number of hydrogen-bond acceptors (Lipinski definition) is 3. The molecule has 0 aromatic heterocycles. The van der Waals surface area contributed by atoms with Crippen molar-refractivity contribution in [3.63, 3.8) is 0 Å². The van der Waals surface area contributed by atoms with Crippen LogP contribution in [0.2, 0.25) is 0 Å². The molecule has 23 heavy (non-hydrogen) atoms. The van der Waals surface area contributed by atoms with E-state index in [1.807, 2.05) is 20.8 Å². The van der Waals surface area contributed by atoms with Crippen LogP contribution in [0.3, 0.4) is 0 Å². The summed E-state index contributed by atoms with van der Waals surface area (Å²) >= 11 is 0. The highest BCUT2D eigenvalue weighted by atomic mass is 127. The Balaban J connectivity index is 0.00000484. The van der Waals surface area contributed by atoms with Gasteiger partial charge >= 0.3 is 6.09 Å². The Hall–Kier alpha value is -0.730. The molecule has 0 aliphatic heterocycles. The maximum absolute atomic E-state index is 11.5. The number of carbonyl (C=O) groups excluding carboxylic acids is 1. The van der Waals surface area contributed by atoms with Crippen molar-refractivity contribution in [2.75, 3.05) is 26.7 Å². The molecule has 0 atom stereocenters. The van der Waals surface area contributed by atoms with Gasteiger partial charge in [-0.15, -0.1) is 24.0 Å². The Kier molecular flexibility index (Phi) is 9.88. The van der Waals surface area contributed by atoms with E-state index in [1.165, 1.54) is 25.7 Å². The van der Waals surface area contributed by atoms with Gasteiger partial charge < -0.3 is 20.7 Å². The van der Waals surface area contributed by atoms with E-state index in [-0.39, 0.29) is 24.0 Å². The van der Waals surface area contributed by atoms with Gasteiger partial charge in [-0.1, -0.05) is 13.3 Å². The average molecular weight is 440 g/mol. The number of carbonyl (C=O) groups is 1. The fourth-order valence-corrected chi connectivity index (χ4v) is 2.48. The summed E-state index contributed by atoms with van der Waals surface area (Å²) in [5.74, 6) is 0.783. The van der Waals surface area contributed by atoms with Crippen LogP contribution < -0.4 is 16.0 Å². The number of ether oxygens (including phenoxy) is 1. The number of hydrogen-bond donors (Lipinski definition) is 3. The maximum atomic E-state index is 11.5. The summed E-state index contributed by atoms with van der Waals surface area (Å²) in [4.78, 5) is 15.7. The molecule has 1 rings (SSSR count). The summed E-state index contributed by atoms with van der Waals surface area (Å²) in [5.41, 5.74) is -0.0151. The van der Waals surface area contributed by atoms with E-state index in [0.29, 0.717) is 18.5 Å². The monoisotopic (exact) mass is 440 g/mol. The van der Waals surface area contributed by atoms with Crippen LogP contribution in [0.25, 0.3) is 0 Å². The lowest BCUT2D eigenvalue weighted by Gasteiger charge is -2.41. The molecule has 0 unspecified atom stereocenters. The Morgan fingerprint density at radius 3 is 2.22 bits per heavy atom. The SMILES string of the molecule is CCC1(CNC(=NC)NCCNC(=O)OC(C)(C)C)CCC1.I. The van der Waals surface area contributed by atoms with Gasteiger partial charge in [-0.05, 0) is 45.4 Å². The van der Waals surface area contributed by atoms with E-state index in [4.69, 9.17) is 4.74 Å². The molecule has 7 heteroatoms. The number of alkyl carbamates (subject to hydrolysis) is 1. The number of guanidine groups is 1. The third kappa shape index (κ3) is 8.62. The zero-order valence-corrected chi connectivity index (χ0v) is 17.5. The summed E-state index contributed by atoms with van der Waals surface area (Å²) in [6, 6.07) is 0. The lowest BCUT2D eigenvalue weighted by Crippen LogP contribution is -2.47. The number of aliphatic imine (C=N–C) groups is 1. The summed E-state index contributed by atoms with van der Waals surface area (Å²) in [6.07, 6.45) is 4.75. The van der Waals surface area contributed by atoms with Crippen molar-refractivity contribution in [2.24, 2.45) is 10.4 Å². The number of nitrogens with one attached hydrogen (secondary N) is 3. The van der Waals surface area contributed by atoms with Crippen LogP contribution >= 0.6 is 24.0 Å². The first-order chi connectivity index (χ1) is 10.3. The van der Waals surface area contributed by atoms with Crippen molar-refractivity contribution in [1.29, 1.82) is 0 Å². The van der Waals surface area contributed by atoms with Gasteiger partial charge in [-0.25, -0.2) is 4.79 Å². The zero-order valence-electron chi connectivity index (χ0n) is 15.1. The third-order valence-corrected chi connectivity index (χ3v) is 4.10. The van der Waals surface area contributed by atoms with E-state index >= 15 is 0 Å². The second kappa shape index (κ2) is 10.2. The van der Waals surface area contributed by atoms with Gasteiger partial charge in [-0.3, -0.25) is 4.99 Å². The van der Waals surface area contributed by atoms with Crippen molar-refractivity contribution >= 4 is 36.0 Å². The smallest absolute Gasteiger partial charge is 0.407 e. The first-order valence-corrected chi connectivity index (χ1v) is 8.22. The molecule has 6 nitrogen and oxygen atoms in total. The standard InChI is InChI=1S/C16H32N4O2.HI/c1-6-16(8-7-9-16)12-20-13(17-5)18-10-11-19-14(21)22-15(2,3)4;/h6-12H2,1-5H3,(H,19,21)(H2,17,18,20);1H. The molecule has 0 aromatic rings. The van der Waals surface area contributed by atoms with Gasteiger partial charge in [0.05, 0.1) is 0 Å². The lowest BCUT2D eigenvalue weighted by molar-refractivity contribution is 0.0529. The largest absolute Gasteiger partial charge is 0.444 e. The molecule has 0 spiro atoms. The van der Waals surface area contributed by atoms with E-state index in [1.54, 1.807) is 7.05 Å². The van der Waals surface area contributed by atoms with Crippen molar-refractivity contribution in [2.45, 2.75) is 59.0 Å². The first kappa shape index (κ1) is 22.3. The van der Waals surface area contributed by atoms with Gasteiger partial charge in [0.15, 0.2) is 5.96 Å². The Bertz CT molecular complexity index is 385. The Labute approximate surface area is 157 Å². The van der Waals surface area contributed by atoms with Crippen molar-refractivity contribution in [3.05, 3.63) is 0 Å². The van der Waals surface area contributed by atoms with Gasteiger partial charge in [0, 0.05) is 26.7 Å². The molecule has 0 bridgehead atoms. The van der Waals surface area contributed by atoms with Gasteiger partial charge in [0.1, 0.15) is 5.60 Å². The number of amides is 1. The van der Waals surface area contributed by atoms with Crippen LogP contribution in [0.1, 0.15) is 53.4 Å². The van der Waals surface area contributed by atoms with Crippen LogP contribution in [0.15, 0.2) is 4.99 Å². The van der Waals surface area contributed by atoms with Crippen LogP contribution in [0, 0.1) is 5.41 Å². The molecule has 0 saturated heterocycles. The topological polar surface area (TPSA) is 74.8 Å². The fourth-order valence-electron chi connectivity index (χ4n) is 2.48. The number of nitrogens with zero attached hydrogens (tertiary/aromatic N) is 1. The highest BCUT2D eigenvalue weighted by Gasteiger charge is 2.34. The molecular formula is C16H33IN4O2. The molecule has 0 heterocycles. The third-order valence-electron chi connectivity index (χ3n) is 4.10. The van der Waals surface area contributed by atoms with E-state index in [2.05, 4.69) is 27.9 Å². The van der Waals surface area contributed by atoms with Gasteiger partial charge in [0.2, 0.25) is 0 Å². The molecule has 1 aliphatic rings. The molecule has 0 radical (unpaired) electrons. The molecular weight excluding hydrogens is 407 g/mol. The van der Waals surface area contributed by atoms with Crippen LogP contribution in [-0.4, -0.2) is 44.3 Å². The maximum Gasteiger partial charge on any atom is 0.407 e. The average Bonchev–Trinajstić information content (AvgIpc) is 2.38. The lowest BCUT2D eigenvalue weighted by atomic mass is 9.67. The summed E-state index contributed by atoms with van der Waals surface area (Å²) < 4.78 is 5.18. The quantitative estimate of drug-likeness (QED) is 0.257. The molecule has 1 aliphatic carbocycles. The minimum Gasteiger partial charge on any atom is -0.444 e. The predicted molar refractivity (Wildman–Crippen MR) is 106 cm³/mol. The van der Waals surface area contributed by atoms with Crippen molar-refractivity contribution in [1.82, 2.24) is 16.0 Å². The van der Waals surface area contributed by atoms with Gasteiger partial charge in [-0.2, -0.15) is 0 Å². The molecule has 1 amide bonds. The summed E-state index contributed by atoms with van der Waals surface area (Å²) in [6.45, 7) is 9.86. The molecule has 0 aromatic carbocycles. The van der Waals surface area contributed by atoms with E-state index < -0.39 is 11.7 Å². The zero-order chi connectivity index (χ0) is 16.6. The van der Waals surface area contributed by atoms with Gasteiger partial charge in [0.25, 0.3) is 0 Å². The molecule has 136 valence electrons.